The van der Waals surface area contributed by atoms with Crippen LogP contribution in [0.2, 0.25) is 5.02 Å². The largest absolute Gasteiger partial charge is 0.416 e. The lowest BCUT2D eigenvalue weighted by Crippen LogP contribution is -2.21. The first kappa shape index (κ1) is 28.8. The first-order chi connectivity index (χ1) is 20.8. The zero-order valence-corrected chi connectivity index (χ0v) is 22.5. The van der Waals surface area contributed by atoms with Gasteiger partial charge in [-0.15, -0.1) is 0 Å². The first-order valence-electron chi connectivity index (χ1n) is 12.5. The summed E-state index contributed by atoms with van der Waals surface area (Å²) in [5, 5.41) is 14.5. The van der Waals surface area contributed by atoms with Crippen LogP contribution in [0.5, 0.6) is 0 Å². The van der Waals surface area contributed by atoms with E-state index in [1.54, 1.807) is 0 Å². The Morgan fingerprint density at radius 2 is 1.80 bits per heavy atom. The molecule has 0 saturated heterocycles. The van der Waals surface area contributed by atoms with Crippen LogP contribution in [0.25, 0.3) is 16.8 Å². The molecule has 0 radical (unpaired) electrons. The van der Waals surface area contributed by atoms with E-state index in [0.29, 0.717) is 12.1 Å². The molecule has 14 heteroatoms. The number of nitrogens with one attached hydrogen (secondary N) is 2. The number of halogens is 7. The summed E-state index contributed by atoms with van der Waals surface area (Å²) < 4.78 is 85.0. The van der Waals surface area contributed by atoms with Crippen molar-refractivity contribution in [3.63, 3.8) is 0 Å². The Kier molecular flexibility index (Phi) is 6.81. The lowest BCUT2D eigenvalue weighted by Gasteiger charge is -2.19. The molecule has 3 aromatic carbocycles. The third-order valence-corrected chi connectivity index (χ3v) is 7.36. The van der Waals surface area contributed by atoms with Crippen LogP contribution in [0.1, 0.15) is 49.1 Å². The lowest BCUT2D eigenvalue weighted by molar-refractivity contribution is -0.137. The third kappa shape index (κ3) is 4.99. The molecule has 5 aromatic rings. The molecule has 0 bridgehead atoms. The van der Waals surface area contributed by atoms with E-state index in [1.807, 2.05) is 6.07 Å². The van der Waals surface area contributed by atoms with Crippen molar-refractivity contribution in [2.75, 3.05) is 5.32 Å². The highest BCUT2D eigenvalue weighted by Gasteiger charge is 2.36. The molecule has 7 nitrogen and oxygen atoms in total. The van der Waals surface area contributed by atoms with Gasteiger partial charge in [0.15, 0.2) is 0 Å². The fraction of sp³-hybridized carbons (Fsp3) is 0.0667. The minimum atomic E-state index is -4.96. The SMILES string of the molecule is N#Cc1cnc2cc(F)c(-c3cc(NC(=O)c4cc(F)cc(C(F)(F)F)c4)c4c(c3)C(=O)N[C@@H]4c3cc(F)ccc3Cl)cn12. The number of anilines is 1. The van der Waals surface area contributed by atoms with Gasteiger partial charge in [0.05, 0.1) is 17.8 Å². The van der Waals surface area contributed by atoms with Gasteiger partial charge in [-0.2, -0.15) is 18.4 Å². The average molecular weight is 626 g/mol. The summed E-state index contributed by atoms with van der Waals surface area (Å²) >= 11 is 6.31. The normalized spacial score (nSPS) is 14.3. The summed E-state index contributed by atoms with van der Waals surface area (Å²) in [5.74, 6) is -4.73. The van der Waals surface area contributed by atoms with Crippen LogP contribution in [-0.4, -0.2) is 21.2 Å². The second-order valence-electron chi connectivity index (χ2n) is 9.76. The minimum absolute atomic E-state index is 0.0207. The zero-order chi connectivity index (χ0) is 31.5. The Morgan fingerprint density at radius 1 is 1.02 bits per heavy atom. The van der Waals surface area contributed by atoms with Gasteiger partial charge in [-0.3, -0.25) is 14.0 Å². The van der Waals surface area contributed by atoms with Gasteiger partial charge in [0.2, 0.25) is 0 Å². The van der Waals surface area contributed by atoms with Gasteiger partial charge >= 0.3 is 6.18 Å². The maximum Gasteiger partial charge on any atom is 0.416 e. The van der Waals surface area contributed by atoms with Crippen LogP contribution in [-0.2, 0) is 6.18 Å². The number of hydrogen-bond acceptors (Lipinski definition) is 4. The Bertz CT molecular complexity index is 2090. The number of amides is 2. The van der Waals surface area contributed by atoms with E-state index in [2.05, 4.69) is 15.6 Å². The average Bonchev–Trinajstić information content (AvgIpc) is 3.52. The molecule has 2 N–H and O–H groups in total. The predicted molar refractivity (Wildman–Crippen MR) is 145 cm³/mol. The second-order valence-corrected chi connectivity index (χ2v) is 10.2. The van der Waals surface area contributed by atoms with Crippen LogP contribution in [0, 0.1) is 28.8 Å². The number of hydrogen-bond donors (Lipinski definition) is 2. The van der Waals surface area contributed by atoms with Crippen LogP contribution in [0.3, 0.4) is 0 Å². The first-order valence-corrected chi connectivity index (χ1v) is 12.9. The molecule has 3 heterocycles. The molecule has 0 saturated carbocycles. The predicted octanol–water partition coefficient (Wildman–Crippen LogP) is 7.05. The van der Waals surface area contributed by atoms with Crippen LogP contribution < -0.4 is 10.6 Å². The summed E-state index contributed by atoms with van der Waals surface area (Å²) in [7, 11) is 0. The highest BCUT2D eigenvalue weighted by atomic mass is 35.5. The molecule has 2 amide bonds. The highest BCUT2D eigenvalue weighted by Crippen LogP contribution is 2.42. The quantitative estimate of drug-likeness (QED) is 0.209. The van der Waals surface area contributed by atoms with E-state index in [9.17, 15) is 36.8 Å². The molecule has 1 aliphatic heterocycles. The molecule has 1 aliphatic rings. The Balaban J connectivity index is 1.55. The third-order valence-electron chi connectivity index (χ3n) is 7.02. The number of rotatable bonds is 4. The molecule has 2 aromatic heterocycles. The van der Waals surface area contributed by atoms with E-state index in [-0.39, 0.29) is 55.9 Å². The number of aromatic nitrogens is 2. The number of carbonyl (C=O) groups is 2. The van der Waals surface area contributed by atoms with Crippen molar-refractivity contribution in [1.29, 1.82) is 5.26 Å². The molecule has 1 atom stereocenters. The van der Waals surface area contributed by atoms with Crippen LogP contribution in [0.4, 0.5) is 32.0 Å². The Hall–Kier alpha value is -5.35. The standard InChI is InChI=1S/C30H14ClF6N5O2/c31-22-2-1-16(32)8-19(22)27-26-20(29(44)41-27)5-13(21-12-42-18(10-38)11-39-25(42)9-23(21)34)6-24(26)40-28(43)14-3-15(30(35,36)37)7-17(33)4-14/h1-9,11-12,27H,(H,40,43)(H,41,44)/t27-/m1/s1. The summed E-state index contributed by atoms with van der Waals surface area (Å²) in [6.07, 6.45) is -2.49. The van der Waals surface area contributed by atoms with E-state index in [4.69, 9.17) is 11.6 Å². The van der Waals surface area contributed by atoms with Crippen molar-refractivity contribution < 1.29 is 35.9 Å². The zero-order valence-electron chi connectivity index (χ0n) is 21.7. The Morgan fingerprint density at radius 3 is 2.52 bits per heavy atom. The lowest BCUT2D eigenvalue weighted by atomic mass is 9.92. The fourth-order valence-electron chi connectivity index (χ4n) is 5.03. The van der Waals surface area contributed by atoms with Gasteiger partial charge in [0.25, 0.3) is 11.8 Å². The second kappa shape index (κ2) is 10.4. The summed E-state index contributed by atoms with van der Waals surface area (Å²) in [5.41, 5.74) is -2.17. The Labute approximate surface area is 248 Å². The smallest absolute Gasteiger partial charge is 0.341 e. The number of fused-ring (bicyclic) bond motifs is 2. The van der Waals surface area contributed by atoms with Gasteiger partial charge in [-0.05, 0) is 54.1 Å². The van der Waals surface area contributed by atoms with E-state index in [1.165, 1.54) is 35.0 Å². The molecular formula is C30H14ClF6N5O2. The maximum atomic E-state index is 15.3. The summed E-state index contributed by atoms with van der Waals surface area (Å²) in [6, 6.07) is 9.00. The van der Waals surface area contributed by atoms with Gasteiger partial charge in [-0.25, -0.2) is 18.2 Å². The number of benzene rings is 3. The van der Waals surface area contributed by atoms with Gasteiger partial charge < -0.3 is 10.6 Å². The van der Waals surface area contributed by atoms with Crippen molar-refractivity contribution in [3.8, 4) is 17.2 Å². The fourth-order valence-corrected chi connectivity index (χ4v) is 5.26. The summed E-state index contributed by atoms with van der Waals surface area (Å²) in [4.78, 5) is 30.4. The highest BCUT2D eigenvalue weighted by molar-refractivity contribution is 6.31. The molecule has 44 heavy (non-hydrogen) atoms. The van der Waals surface area contributed by atoms with E-state index >= 15 is 4.39 Å². The van der Waals surface area contributed by atoms with Crippen molar-refractivity contribution >= 4 is 34.7 Å². The number of nitrogens with zero attached hydrogens (tertiary/aromatic N) is 3. The topological polar surface area (TPSA) is 99.3 Å². The van der Waals surface area contributed by atoms with Gasteiger partial charge in [0.1, 0.15) is 34.9 Å². The maximum absolute atomic E-state index is 15.3. The number of nitriles is 1. The van der Waals surface area contributed by atoms with Gasteiger partial charge in [-0.1, -0.05) is 11.6 Å². The van der Waals surface area contributed by atoms with Crippen molar-refractivity contribution in [2.24, 2.45) is 0 Å². The molecule has 0 spiro atoms. The van der Waals surface area contributed by atoms with E-state index < -0.39 is 52.6 Å². The van der Waals surface area contributed by atoms with Crippen molar-refractivity contribution in [3.05, 3.63) is 123 Å². The van der Waals surface area contributed by atoms with Crippen molar-refractivity contribution in [1.82, 2.24) is 14.7 Å². The van der Waals surface area contributed by atoms with Crippen LogP contribution in [0.15, 0.2) is 67.0 Å². The molecule has 6 rings (SSSR count). The molecule has 220 valence electrons. The number of pyridine rings is 1. The van der Waals surface area contributed by atoms with Gasteiger partial charge in [0, 0.05) is 50.8 Å². The summed E-state index contributed by atoms with van der Waals surface area (Å²) in [6.45, 7) is 0. The number of carbonyl (C=O) groups excluding carboxylic acids is 2. The number of imidazole rings is 1. The monoisotopic (exact) mass is 625 g/mol. The minimum Gasteiger partial charge on any atom is -0.341 e. The molecule has 0 fully saturated rings. The molecule has 0 unspecified atom stereocenters. The molecular weight excluding hydrogens is 612 g/mol. The van der Waals surface area contributed by atoms with E-state index in [0.717, 1.165) is 18.2 Å². The molecule has 0 aliphatic carbocycles. The number of alkyl halides is 3. The van der Waals surface area contributed by atoms with Crippen LogP contribution >= 0.6 is 11.6 Å². The van der Waals surface area contributed by atoms with Crippen molar-refractivity contribution in [2.45, 2.75) is 12.2 Å².